The van der Waals surface area contributed by atoms with Gasteiger partial charge in [-0.2, -0.15) is 5.10 Å². The molecule has 24 heavy (non-hydrogen) atoms. The van der Waals surface area contributed by atoms with Crippen LogP contribution in [-0.2, 0) is 11.3 Å². The molecule has 7 heteroatoms. The van der Waals surface area contributed by atoms with Crippen LogP contribution in [-0.4, -0.2) is 44.8 Å². The van der Waals surface area contributed by atoms with Crippen LogP contribution in [0.4, 0.5) is 0 Å². The Morgan fingerprint density at radius 1 is 1.17 bits per heavy atom. The van der Waals surface area contributed by atoms with Crippen molar-refractivity contribution >= 4 is 11.9 Å². The topological polar surface area (TPSA) is 92.5 Å². The van der Waals surface area contributed by atoms with Crippen molar-refractivity contribution in [3.63, 3.8) is 0 Å². The van der Waals surface area contributed by atoms with E-state index in [1.54, 1.807) is 0 Å². The molecule has 0 saturated carbocycles. The fraction of sp³-hybridized carbons (Fsp3) is 0.294. The number of rotatable bonds is 4. The maximum absolute atomic E-state index is 12.5. The number of carboxylic acids is 1. The molecule has 2 heterocycles. The summed E-state index contributed by atoms with van der Waals surface area (Å²) in [5.41, 5.74) is 0.764. The number of hydrogen-bond donors (Lipinski definition) is 1. The summed E-state index contributed by atoms with van der Waals surface area (Å²) in [6, 6.07) is 12.1. The van der Waals surface area contributed by atoms with Gasteiger partial charge in [0, 0.05) is 19.2 Å². The van der Waals surface area contributed by atoms with Gasteiger partial charge in [0.05, 0.1) is 12.5 Å². The fourth-order valence-electron chi connectivity index (χ4n) is 2.74. The normalized spacial score (nSPS) is 17.0. The monoisotopic (exact) mass is 327 g/mol. The first-order chi connectivity index (χ1) is 11.5. The number of nitrogens with zero attached hydrogens (tertiary/aromatic N) is 3. The van der Waals surface area contributed by atoms with Crippen molar-refractivity contribution in [1.29, 1.82) is 0 Å². The molecular formula is C17H17N3O4. The highest BCUT2D eigenvalue weighted by Gasteiger charge is 2.31. The summed E-state index contributed by atoms with van der Waals surface area (Å²) in [5, 5.41) is 13.2. The second kappa shape index (κ2) is 6.66. The first kappa shape index (κ1) is 15.9. The van der Waals surface area contributed by atoms with Crippen LogP contribution in [0.3, 0.4) is 0 Å². The Kier molecular flexibility index (Phi) is 4.41. The molecule has 0 radical (unpaired) electrons. The number of benzene rings is 1. The molecule has 1 aromatic heterocycles. The Labute approximate surface area is 138 Å². The average Bonchev–Trinajstić information content (AvgIpc) is 3.07. The van der Waals surface area contributed by atoms with Crippen LogP contribution in [0, 0.1) is 5.92 Å². The third kappa shape index (κ3) is 3.34. The van der Waals surface area contributed by atoms with E-state index < -0.39 is 11.9 Å². The van der Waals surface area contributed by atoms with Gasteiger partial charge in [0.25, 0.3) is 11.5 Å². The lowest BCUT2D eigenvalue weighted by Gasteiger charge is -2.15. The summed E-state index contributed by atoms with van der Waals surface area (Å²) in [4.78, 5) is 36.9. The Hall–Kier alpha value is -2.96. The summed E-state index contributed by atoms with van der Waals surface area (Å²) in [5.74, 6) is -1.78. The lowest BCUT2D eigenvalue weighted by atomic mass is 10.1. The Bertz CT molecular complexity index is 816. The first-order valence-corrected chi connectivity index (χ1v) is 7.69. The van der Waals surface area contributed by atoms with Gasteiger partial charge >= 0.3 is 5.97 Å². The first-order valence-electron chi connectivity index (χ1n) is 7.69. The molecule has 1 N–H and O–H groups in total. The molecule has 2 aromatic rings. The number of aliphatic carboxylic acids is 1. The van der Waals surface area contributed by atoms with E-state index in [0.717, 1.165) is 5.56 Å². The number of aromatic nitrogens is 2. The molecule has 1 aromatic carbocycles. The lowest BCUT2D eigenvalue weighted by molar-refractivity contribution is -0.141. The van der Waals surface area contributed by atoms with Gasteiger partial charge in [-0.05, 0) is 18.1 Å². The standard InChI is InChI=1S/C17H17N3O4/c21-15-7-6-14(16(22)19-9-8-13(11-19)17(23)24)18-20(15)10-12-4-2-1-3-5-12/h1-7,13H,8-11H2,(H,23,24)/t13-/m1/s1. The molecule has 1 aliphatic rings. The smallest absolute Gasteiger partial charge is 0.308 e. The Balaban J connectivity index is 1.79. The highest BCUT2D eigenvalue weighted by atomic mass is 16.4. The van der Waals surface area contributed by atoms with Crippen molar-refractivity contribution in [2.24, 2.45) is 5.92 Å². The predicted octanol–water partition coefficient (Wildman–Crippen LogP) is 0.838. The van der Waals surface area contributed by atoms with Gasteiger partial charge in [0.2, 0.25) is 0 Å². The van der Waals surface area contributed by atoms with Crippen LogP contribution >= 0.6 is 0 Å². The van der Waals surface area contributed by atoms with Crippen molar-refractivity contribution in [2.75, 3.05) is 13.1 Å². The molecule has 124 valence electrons. The molecule has 1 atom stereocenters. The fourth-order valence-corrected chi connectivity index (χ4v) is 2.74. The number of carboxylic acid groups (broad SMARTS) is 1. The molecule has 0 unspecified atom stereocenters. The van der Waals surface area contributed by atoms with Crippen LogP contribution in [0.15, 0.2) is 47.3 Å². The second-order valence-electron chi connectivity index (χ2n) is 5.78. The second-order valence-corrected chi connectivity index (χ2v) is 5.78. The van der Waals surface area contributed by atoms with Gasteiger partial charge < -0.3 is 10.0 Å². The van der Waals surface area contributed by atoms with Gasteiger partial charge in [-0.3, -0.25) is 14.4 Å². The van der Waals surface area contributed by atoms with Crippen LogP contribution in [0.2, 0.25) is 0 Å². The van der Waals surface area contributed by atoms with Gasteiger partial charge in [-0.15, -0.1) is 0 Å². The van der Waals surface area contributed by atoms with Crippen LogP contribution in [0.5, 0.6) is 0 Å². The minimum absolute atomic E-state index is 0.150. The number of carbonyl (C=O) groups is 2. The highest BCUT2D eigenvalue weighted by Crippen LogP contribution is 2.18. The van der Waals surface area contributed by atoms with Crippen LogP contribution in [0.1, 0.15) is 22.5 Å². The Morgan fingerprint density at radius 2 is 1.92 bits per heavy atom. The summed E-state index contributed by atoms with van der Waals surface area (Å²) in [6.45, 7) is 0.835. The van der Waals surface area contributed by atoms with Crippen molar-refractivity contribution in [2.45, 2.75) is 13.0 Å². The zero-order valence-corrected chi connectivity index (χ0v) is 13.0. The summed E-state index contributed by atoms with van der Waals surface area (Å²) in [6.07, 6.45) is 0.435. The third-order valence-electron chi connectivity index (χ3n) is 4.09. The van der Waals surface area contributed by atoms with E-state index in [0.29, 0.717) is 13.0 Å². The van der Waals surface area contributed by atoms with E-state index in [-0.39, 0.29) is 30.2 Å². The minimum Gasteiger partial charge on any atom is -0.481 e. The largest absolute Gasteiger partial charge is 0.481 e. The van der Waals surface area contributed by atoms with Crippen molar-refractivity contribution in [3.8, 4) is 0 Å². The van der Waals surface area contributed by atoms with Crippen molar-refractivity contribution in [1.82, 2.24) is 14.7 Å². The summed E-state index contributed by atoms with van der Waals surface area (Å²) < 4.78 is 1.24. The van der Waals surface area contributed by atoms with E-state index in [9.17, 15) is 14.4 Å². The zero-order chi connectivity index (χ0) is 17.1. The van der Waals surface area contributed by atoms with E-state index in [2.05, 4.69) is 5.10 Å². The van der Waals surface area contributed by atoms with Crippen LogP contribution in [0.25, 0.3) is 0 Å². The van der Waals surface area contributed by atoms with E-state index in [1.807, 2.05) is 30.3 Å². The zero-order valence-electron chi connectivity index (χ0n) is 13.0. The SMILES string of the molecule is O=C(O)[C@@H]1CCN(C(=O)c2ccc(=O)n(Cc3ccccc3)n2)C1. The molecule has 0 spiro atoms. The maximum atomic E-state index is 12.5. The summed E-state index contributed by atoms with van der Waals surface area (Å²) >= 11 is 0. The number of carbonyl (C=O) groups excluding carboxylic acids is 1. The molecule has 1 saturated heterocycles. The molecule has 1 aliphatic heterocycles. The van der Waals surface area contributed by atoms with Crippen molar-refractivity contribution in [3.05, 3.63) is 64.1 Å². The molecule has 1 amide bonds. The highest BCUT2D eigenvalue weighted by molar-refractivity contribution is 5.92. The quantitative estimate of drug-likeness (QED) is 0.898. The minimum atomic E-state index is -0.896. The molecule has 0 bridgehead atoms. The number of hydrogen-bond acceptors (Lipinski definition) is 4. The van der Waals surface area contributed by atoms with Gasteiger partial charge in [-0.1, -0.05) is 30.3 Å². The maximum Gasteiger partial charge on any atom is 0.308 e. The van der Waals surface area contributed by atoms with E-state index in [1.165, 1.54) is 21.7 Å². The predicted molar refractivity (Wildman–Crippen MR) is 85.7 cm³/mol. The molecular weight excluding hydrogens is 310 g/mol. The van der Waals surface area contributed by atoms with Crippen molar-refractivity contribution < 1.29 is 14.7 Å². The number of amides is 1. The van der Waals surface area contributed by atoms with Crippen LogP contribution < -0.4 is 5.56 Å². The Morgan fingerprint density at radius 3 is 2.58 bits per heavy atom. The van der Waals surface area contributed by atoms with Gasteiger partial charge in [0.1, 0.15) is 5.69 Å². The molecule has 7 nitrogen and oxygen atoms in total. The number of likely N-dealkylation sites (tertiary alicyclic amines) is 1. The van der Waals surface area contributed by atoms with E-state index >= 15 is 0 Å². The summed E-state index contributed by atoms with van der Waals surface area (Å²) in [7, 11) is 0. The van der Waals surface area contributed by atoms with Gasteiger partial charge in [-0.25, -0.2) is 4.68 Å². The molecule has 1 fully saturated rings. The molecule has 0 aliphatic carbocycles. The van der Waals surface area contributed by atoms with E-state index in [4.69, 9.17) is 5.11 Å². The van der Waals surface area contributed by atoms with Gasteiger partial charge in [0.15, 0.2) is 0 Å². The molecule has 3 rings (SSSR count). The average molecular weight is 327 g/mol. The third-order valence-corrected chi connectivity index (χ3v) is 4.09. The lowest BCUT2D eigenvalue weighted by Crippen LogP contribution is -2.33.